The Morgan fingerprint density at radius 3 is 1.00 bits per heavy atom. The second kappa shape index (κ2) is 10.5. The molecule has 88 valence electrons. The van der Waals surface area contributed by atoms with Crippen LogP contribution in [0.25, 0.3) is 0 Å². The fraction of sp³-hybridized carbons (Fsp3) is 1.00. The third kappa shape index (κ3) is 31.3. The van der Waals surface area contributed by atoms with Gasteiger partial charge in [0.25, 0.3) is 0 Å². The largest absolute Gasteiger partial charge is 2.00 e. The Morgan fingerprint density at radius 1 is 0.800 bits per heavy atom. The minimum Gasteiger partial charge on any atom is -0.748 e. The predicted octanol–water partition coefficient (Wildman–Crippen LogP) is -3.33. The molecule has 0 aromatic rings. The van der Waals surface area contributed by atoms with Gasteiger partial charge in [0.15, 0.2) is 0 Å². The van der Waals surface area contributed by atoms with Gasteiger partial charge in [0.05, 0.1) is 45.0 Å². The van der Waals surface area contributed by atoms with E-state index in [1.54, 1.807) is 0 Å². The van der Waals surface area contributed by atoms with Crippen molar-refractivity contribution in [1.82, 2.24) is 0 Å². The number of hydrogen-bond donors (Lipinski definition) is 2. The van der Waals surface area contributed by atoms with Crippen molar-refractivity contribution in [2.45, 2.75) is 0 Å². The van der Waals surface area contributed by atoms with E-state index < -0.39 is 45.0 Å². The van der Waals surface area contributed by atoms with Gasteiger partial charge in [0.1, 0.15) is 0 Å². The second-order valence-corrected chi connectivity index (χ2v) is 5.02. The van der Waals surface area contributed by atoms with E-state index in [0.717, 1.165) is 0 Å². The zero-order chi connectivity index (χ0) is 11.8. The molecule has 0 fully saturated rings. The molecule has 8 nitrogen and oxygen atoms in total. The van der Waals surface area contributed by atoms with Gasteiger partial charge in [-0.1, -0.05) is 0 Å². The average Bonchev–Trinajstić information content (AvgIpc) is 1.81. The summed E-state index contributed by atoms with van der Waals surface area (Å²) in [6.45, 7) is -1.18. The van der Waals surface area contributed by atoms with Crippen LogP contribution in [0.4, 0.5) is 0 Å². The summed E-state index contributed by atoms with van der Waals surface area (Å²) >= 11 is 0. The molecule has 15 heavy (non-hydrogen) atoms. The minimum atomic E-state index is -4.17. The first-order valence-corrected chi connectivity index (χ1v) is 6.36. The van der Waals surface area contributed by atoms with Crippen LogP contribution in [0, 0.1) is 0 Å². The SMILES string of the molecule is O=S(=O)([O-])CCO.O=S(=O)([O-])CCO.[Ba+2]. The van der Waals surface area contributed by atoms with E-state index >= 15 is 0 Å². The molecule has 0 amide bonds. The Kier molecular flexibility index (Phi) is 15.1. The average molecular weight is 388 g/mol. The van der Waals surface area contributed by atoms with Crippen molar-refractivity contribution in [3.8, 4) is 0 Å². The third-order valence-corrected chi connectivity index (χ3v) is 2.05. The molecule has 0 unspecified atom stereocenters. The van der Waals surface area contributed by atoms with Crippen LogP contribution < -0.4 is 0 Å². The molecule has 0 bridgehead atoms. The van der Waals surface area contributed by atoms with Gasteiger partial charge in [0, 0.05) is 0 Å². The summed E-state index contributed by atoms with van der Waals surface area (Å²) in [5, 5.41) is 15.6. The Balaban J connectivity index is -0.000000180. The van der Waals surface area contributed by atoms with Gasteiger partial charge in [-0.15, -0.1) is 0 Å². The van der Waals surface area contributed by atoms with Crippen molar-refractivity contribution < 1.29 is 36.2 Å². The van der Waals surface area contributed by atoms with Crippen LogP contribution in [0.1, 0.15) is 0 Å². The summed E-state index contributed by atoms with van der Waals surface area (Å²) < 4.78 is 57.1. The van der Waals surface area contributed by atoms with Gasteiger partial charge in [-0.2, -0.15) is 0 Å². The zero-order valence-corrected chi connectivity index (χ0v) is 13.8. The molecule has 0 aliphatic carbocycles. The van der Waals surface area contributed by atoms with E-state index in [0.29, 0.717) is 0 Å². The zero-order valence-electron chi connectivity index (χ0n) is 7.70. The van der Waals surface area contributed by atoms with E-state index in [1.807, 2.05) is 0 Å². The summed E-state index contributed by atoms with van der Waals surface area (Å²) in [4.78, 5) is 0. The van der Waals surface area contributed by atoms with Gasteiger partial charge >= 0.3 is 48.9 Å². The molecule has 0 aromatic carbocycles. The van der Waals surface area contributed by atoms with E-state index in [-0.39, 0.29) is 48.9 Å². The quantitative estimate of drug-likeness (QED) is 0.375. The molecule has 11 heteroatoms. The molecule has 0 rings (SSSR count). The predicted molar refractivity (Wildman–Crippen MR) is 49.1 cm³/mol. The molecular weight excluding hydrogens is 377 g/mol. The summed E-state index contributed by atoms with van der Waals surface area (Å²) in [5.41, 5.74) is 0. The fourth-order valence-electron chi connectivity index (χ4n) is 0.224. The topological polar surface area (TPSA) is 155 Å². The standard InChI is InChI=1S/2C2H6O4S.Ba/c2*3-1-2-7(4,5)6;/h2*3H,1-2H2,(H,4,5,6);/q;;+2/p-2. The maximum absolute atomic E-state index is 9.52. The van der Waals surface area contributed by atoms with Crippen molar-refractivity contribution >= 4 is 69.1 Å². The molecule has 0 aromatic heterocycles. The Labute approximate surface area is 128 Å². The van der Waals surface area contributed by atoms with Gasteiger partial charge in [-0.05, 0) is 0 Å². The summed E-state index contributed by atoms with van der Waals surface area (Å²) in [5.74, 6) is -1.38. The molecular formula is C4H10BaO8S2. The van der Waals surface area contributed by atoms with Gasteiger partial charge in [0.2, 0.25) is 0 Å². The Bertz CT molecular complexity index is 285. The van der Waals surface area contributed by atoms with Crippen molar-refractivity contribution in [3.05, 3.63) is 0 Å². The molecule has 0 aliphatic heterocycles. The molecule has 0 aliphatic rings. The monoisotopic (exact) mass is 388 g/mol. The van der Waals surface area contributed by atoms with Crippen molar-refractivity contribution in [1.29, 1.82) is 0 Å². The molecule has 0 spiro atoms. The third-order valence-electron chi connectivity index (χ3n) is 0.683. The van der Waals surface area contributed by atoms with E-state index in [4.69, 9.17) is 10.2 Å². The van der Waals surface area contributed by atoms with E-state index in [9.17, 15) is 25.9 Å². The van der Waals surface area contributed by atoms with Crippen molar-refractivity contribution in [3.63, 3.8) is 0 Å². The smallest absolute Gasteiger partial charge is 0.748 e. The second-order valence-electron chi connectivity index (χ2n) is 1.97. The van der Waals surface area contributed by atoms with Crippen LogP contribution in [0.15, 0.2) is 0 Å². The summed E-state index contributed by atoms with van der Waals surface area (Å²) in [6.07, 6.45) is 0. The van der Waals surface area contributed by atoms with Crippen molar-refractivity contribution in [2.75, 3.05) is 24.7 Å². The first-order valence-electron chi connectivity index (χ1n) is 3.21. The molecule has 2 N–H and O–H groups in total. The van der Waals surface area contributed by atoms with Crippen molar-refractivity contribution in [2.24, 2.45) is 0 Å². The first-order chi connectivity index (χ1) is 6.12. The molecule has 0 radical (unpaired) electrons. The number of aliphatic hydroxyl groups is 2. The summed E-state index contributed by atoms with van der Waals surface area (Å²) in [7, 11) is -8.35. The molecule has 0 atom stereocenters. The van der Waals surface area contributed by atoms with Crippen LogP contribution in [0.3, 0.4) is 0 Å². The van der Waals surface area contributed by atoms with Crippen LogP contribution in [-0.2, 0) is 20.2 Å². The fourth-order valence-corrected chi connectivity index (χ4v) is 0.671. The Morgan fingerprint density at radius 2 is 1.00 bits per heavy atom. The van der Waals surface area contributed by atoms with Crippen LogP contribution in [0.5, 0.6) is 0 Å². The van der Waals surface area contributed by atoms with E-state index in [1.165, 1.54) is 0 Å². The first kappa shape index (κ1) is 21.6. The van der Waals surface area contributed by atoms with Crippen LogP contribution in [0.2, 0.25) is 0 Å². The maximum atomic E-state index is 9.52. The Hall–Kier alpha value is 1.31. The molecule has 0 heterocycles. The molecule has 0 saturated heterocycles. The van der Waals surface area contributed by atoms with Gasteiger partial charge < -0.3 is 19.3 Å². The van der Waals surface area contributed by atoms with E-state index in [2.05, 4.69) is 0 Å². The summed E-state index contributed by atoms with van der Waals surface area (Å²) in [6, 6.07) is 0. The normalized spacial score (nSPS) is 10.9. The number of rotatable bonds is 4. The van der Waals surface area contributed by atoms with Crippen LogP contribution in [-0.4, -0.2) is 110 Å². The maximum Gasteiger partial charge on any atom is 2.00 e. The molecule has 0 saturated carbocycles. The van der Waals surface area contributed by atoms with Crippen LogP contribution >= 0.6 is 0 Å². The number of aliphatic hydroxyl groups excluding tert-OH is 2. The van der Waals surface area contributed by atoms with Gasteiger partial charge in [-0.25, -0.2) is 16.8 Å². The number of hydrogen-bond acceptors (Lipinski definition) is 8. The van der Waals surface area contributed by atoms with Gasteiger partial charge in [-0.3, -0.25) is 0 Å². The minimum absolute atomic E-state index is 0.